The second-order valence-electron chi connectivity index (χ2n) is 9.15. The van der Waals surface area contributed by atoms with Gasteiger partial charge in [-0.15, -0.1) is 4.36 Å². The molecule has 184 valence electrons. The average molecular weight is 489 g/mol. The normalized spacial score (nSPS) is 20.1. The van der Waals surface area contributed by atoms with E-state index in [1.54, 1.807) is 10.9 Å². The Balaban J connectivity index is 1.29. The lowest BCUT2D eigenvalue weighted by Crippen LogP contribution is -2.34. The van der Waals surface area contributed by atoms with Crippen LogP contribution in [-0.2, 0) is 52.6 Å². The Hall–Kier alpha value is -2.47. The first-order valence-electron chi connectivity index (χ1n) is 11.9. The first-order chi connectivity index (χ1) is 16.4. The molecule has 1 aromatic carbocycles. The zero-order chi connectivity index (χ0) is 23.7. The van der Waals surface area contributed by atoms with E-state index >= 15 is 0 Å². The number of nitrogens with one attached hydrogen (secondary N) is 2. The number of nitrogens with zero attached hydrogens (tertiary/aromatic N) is 3. The number of rotatable bonds is 7. The van der Waals surface area contributed by atoms with Crippen LogP contribution in [0.1, 0.15) is 40.7 Å². The fraction of sp³-hybridized carbons (Fsp3) is 0.565. The molecule has 0 fully saturated rings. The van der Waals surface area contributed by atoms with Crippen LogP contribution in [0, 0.1) is 0 Å². The fourth-order valence-electron chi connectivity index (χ4n) is 5.15. The lowest BCUT2D eigenvalue weighted by Gasteiger charge is -2.25. The van der Waals surface area contributed by atoms with Crippen LogP contribution < -0.4 is 20.5 Å². The molecule has 10 nitrogen and oxygen atoms in total. The van der Waals surface area contributed by atoms with Gasteiger partial charge < -0.3 is 20.1 Å². The van der Waals surface area contributed by atoms with Gasteiger partial charge in [0.1, 0.15) is 22.6 Å². The Kier molecular flexibility index (Phi) is 6.61. The van der Waals surface area contributed by atoms with Crippen molar-refractivity contribution in [3.8, 4) is 5.88 Å². The molecule has 5 rings (SSSR count). The summed E-state index contributed by atoms with van der Waals surface area (Å²) in [5, 5.41) is 16.3. The van der Waals surface area contributed by atoms with Crippen molar-refractivity contribution in [1.82, 2.24) is 15.1 Å². The highest BCUT2D eigenvalue weighted by Crippen LogP contribution is 2.38. The predicted molar refractivity (Wildman–Crippen MR) is 129 cm³/mol. The van der Waals surface area contributed by atoms with Crippen LogP contribution in [0.5, 0.6) is 5.88 Å². The molecule has 0 radical (unpaired) electrons. The van der Waals surface area contributed by atoms with E-state index in [1.165, 1.54) is 22.3 Å². The zero-order valence-corrected chi connectivity index (χ0v) is 20.3. The fourth-order valence-corrected chi connectivity index (χ4v) is 6.18. The highest BCUT2D eigenvalue weighted by molar-refractivity contribution is 7.90. The number of aryl methyl sites for hydroxylation is 2. The van der Waals surface area contributed by atoms with Gasteiger partial charge in [-0.3, -0.25) is 0 Å². The SMILES string of the molecule is CNCCO[C@@H]1COc2c(CS(N)(=O)=NC(=O)Nc3c4c(cc5c3CCC5)CCC4)cnn2C1. The van der Waals surface area contributed by atoms with Gasteiger partial charge in [0.25, 0.3) is 0 Å². The predicted octanol–water partition coefficient (Wildman–Crippen LogP) is 1.93. The Morgan fingerprint density at radius 3 is 2.74 bits per heavy atom. The monoisotopic (exact) mass is 488 g/mol. The number of anilines is 1. The van der Waals surface area contributed by atoms with E-state index in [9.17, 15) is 9.00 Å². The number of carbonyl (C=O) groups is 1. The Morgan fingerprint density at radius 1 is 1.29 bits per heavy atom. The molecule has 0 saturated heterocycles. The van der Waals surface area contributed by atoms with E-state index in [0.29, 0.717) is 31.2 Å². The third-order valence-electron chi connectivity index (χ3n) is 6.65. The minimum Gasteiger partial charge on any atom is -0.475 e. The molecule has 11 heteroatoms. The van der Waals surface area contributed by atoms with Crippen molar-refractivity contribution in [2.24, 2.45) is 9.50 Å². The van der Waals surface area contributed by atoms with Crippen molar-refractivity contribution in [2.75, 3.05) is 32.1 Å². The minimum atomic E-state index is -3.33. The number of aromatic nitrogens is 2. The van der Waals surface area contributed by atoms with Gasteiger partial charge in [-0.25, -0.2) is 18.8 Å². The third-order valence-corrected chi connectivity index (χ3v) is 7.85. The molecule has 3 aliphatic rings. The van der Waals surface area contributed by atoms with Crippen molar-refractivity contribution in [3.63, 3.8) is 0 Å². The van der Waals surface area contributed by atoms with Crippen molar-refractivity contribution < 1.29 is 18.5 Å². The van der Waals surface area contributed by atoms with Gasteiger partial charge in [0.05, 0.1) is 25.1 Å². The lowest BCUT2D eigenvalue weighted by atomic mass is 9.99. The Labute approximate surface area is 199 Å². The van der Waals surface area contributed by atoms with E-state index in [1.807, 2.05) is 7.05 Å². The summed E-state index contributed by atoms with van der Waals surface area (Å²) >= 11 is 0. The summed E-state index contributed by atoms with van der Waals surface area (Å²) in [7, 11) is -1.46. The molecule has 2 aromatic rings. The molecule has 2 atom stereocenters. The topological polar surface area (TPSA) is 133 Å². The molecule has 1 unspecified atom stereocenters. The molecular formula is C23H32N6O4S. The van der Waals surface area contributed by atoms with Crippen LogP contribution in [0.3, 0.4) is 0 Å². The summed E-state index contributed by atoms with van der Waals surface area (Å²) in [5.74, 6) is 0.382. The summed E-state index contributed by atoms with van der Waals surface area (Å²) in [4.78, 5) is 12.8. The maximum Gasteiger partial charge on any atom is 0.354 e. The van der Waals surface area contributed by atoms with E-state index < -0.39 is 15.9 Å². The quantitative estimate of drug-likeness (QED) is 0.510. The number of urea groups is 1. The van der Waals surface area contributed by atoms with Crippen molar-refractivity contribution in [3.05, 3.63) is 40.1 Å². The van der Waals surface area contributed by atoms with E-state index in [4.69, 9.17) is 14.6 Å². The van der Waals surface area contributed by atoms with Crippen LogP contribution >= 0.6 is 0 Å². The van der Waals surface area contributed by atoms with Crippen molar-refractivity contribution >= 4 is 21.6 Å². The van der Waals surface area contributed by atoms with Crippen LogP contribution in [0.2, 0.25) is 0 Å². The average Bonchev–Trinajstić information content (AvgIpc) is 3.53. The van der Waals surface area contributed by atoms with Gasteiger partial charge in [-0.1, -0.05) is 6.07 Å². The standard InChI is InChI=1S/C23H32N6O4S/c1-25-8-9-32-18-12-29-22(33-13-18)17(11-26-29)14-34(24,31)28-23(30)27-21-19-6-2-4-15(19)10-16-5-3-7-20(16)21/h10-11,18,25H,2-9,12-14H2,1H3,(H3,24,27,28,30,31)/t18-,34?/m0/s1. The van der Waals surface area contributed by atoms with Crippen molar-refractivity contribution in [1.29, 1.82) is 0 Å². The van der Waals surface area contributed by atoms with Crippen LogP contribution in [0.4, 0.5) is 10.5 Å². The number of amides is 2. The lowest BCUT2D eigenvalue weighted by molar-refractivity contribution is -0.0107. The van der Waals surface area contributed by atoms with E-state index in [2.05, 4.69) is 26.2 Å². The Bertz CT molecular complexity index is 1180. The third kappa shape index (κ3) is 4.83. The number of likely N-dealkylation sites (N-methyl/N-ethyl adjacent to an activating group) is 1. The highest BCUT2D eigenvalue weighted by Gasteiger charge is 2.27. The molecule has 2 amide bonds. The molecule has 0 bridgehead atoms. The molecule has 2 aliphatic carbocycles. The number of hydrogen-bond donors (Lipinski definition) is 3. The summed E-state index contributed by atoms with van der Waals surface area (Å²) in [5.41, 5.74) is 6.43. The van der Waals surface area contributed by atoms with Crippen LogP contribution in [-0.4, -0.2) is 52.9 Å². The maximum atomic E-state index is 13.1. The summed E-state index contributed by atoms with van der Waals surface area (Å²) < 4.78 is 30.2. The summed E-state index contributed by atoms with van der Waals surface area (Å²) in [6.45, 7) is 2.23. The molecule has 1 aliphatic heterocycles. The van der Waals surface area contributed by atoms with Gasteiger partial charge in [-0.05, 0) is 67.8 Å². The number of benzene rings is 1. The molecule has 4 N–H and O–H groups in total. The molecular weight excluding hydrogens is 456 g/mol. The smallest absolute Gasteiger partial charge is 0.354 e. The van der Waals surface area contributed by atoms with E-state index in [0.717, 1.165) is 50.8 Å². The van der Waals surface area contributed by atoms with E-state index in [-0.39, 0.29) is 11.9 Å². The number of fused-ring (bicyclic) bond motifs is 3. The van der Waals surface area contributed by atoms with Gasteiger partial charge in [0.15, 0.2) is 0 Å². The molecule has 34 heavy (non-hydrogen) atoms. The van der Waals surface area contributed by atoms with Crippen molar-refractivity contribution in [2.45, 2.75) is 56.9 Å². The minimum absolute atomic E-state index is 0.111. The van der Waals surface area contributed by atoms with Crippen LogP contribution in [0.25, 0.3) is 0 Å². The number of nitrogens with two attached hydrogens (primary N) is 1. The summed E-state index contributed by atoms with van der Waals surface area (Å²) in [6.07, 6.45) is 7.57. The number of ether oxygens (including phenoxy) is 2. The molecule has 2 heterocycles. The Morgan fingerprint density at radius 2 is 2.03 bits per heavy atom. The second-order valence-corrected chi connectivity index (χ2v) is 11.0. The largest absolute Gasteiger partial charge is 0.475 e. The van der Waals surface area contributed by atoms with Gasteiger partial charge >= 0.3 is 6.03 Å². The second kappa shape index (κ2) is 9.65. The summed E-state index contributed by atoms with van der Waals surface area (Å²) in [6, 6.07) is 1.63. The number of hydrogen-bond acceptors (Lipinski definition) is 6. The van der Waals surface area contributed by atoms with Gasteiger partial charge in [-0.2, -0.15) is 5.10 Å². The molecule has 0 spiro atoms. The molecule has 1 aromatic heterocycles. The molecule has 0 saturated carbocycles. The number of carbonyl (C=O) groups excluding carboxylic acids is 1. The first-order valence-corrected chi connectivity index (χ1v) is 13.6. The highest BCUT2D eigenvalue weighted by atomic mass is 32.2. The maximum absolute atomic E-state index is 13.1. The first kappa shape index (κ1) is 23.3. The van der Waals surface area contributed by atoms with Gasteiger partial charge in [0.2, 0.25) is 5.88 Å². The van der Waals surface area contributed by atoms with Crippen LogP contribution in [0.15, 0.2) is 16.6 Å². The van der Waals surface area contributed by atoms with Gasteiger partial charge in [0, 0.05) is 17.8 Å². The zero-order valence-electron chi connectivity index (χ0n) is 19.5.